The first-order chi connectivity index (χ1) is 24.6. The Hall–Kier alpha value is -6.38. The standard InChI is InChI=1S/C48H36N2/c1-33-11-9-17-40(27-33)49(42-24-21-35-13-3-5-15-37(35)29-42)44-26-23-39-31-48(46-20-8-7-19-45(46)47(39)32-44)50(41-18-10-12-34(2)28-41)43-25-22-36-14-4-6-16-38(36)30-43/h3-32H,1-2H3. The first-order valence-corrected chi connectivity index (χ1v) is 17.3. The summed E-state index contributed by atoms with van der Waals surface area (Å²) in [6, 6.07) is 66.5. The summed E-state index contributed by atoms with van der Waals surface area (Å²) in [6.45, 7) is 4.32. The highest BCUT2D eigenvalue weighted by atomic mass is 15.1. The molecule has 0 aliphatic carbocycles. The van der Waals surface area contributed by atoms with Crippen LogP contribution in [0.1, 0.15) is 11.1 Å². The van der Waals surface area contributed by atoms with E-state index in [9.17, 15) is 0 Å². The molecule has 0 aliphatic rings. The van der Waals surface area contributed by atoms with E-state index in [2.05, 4.69) is 206 Å². The van der Waals surface area contributed by atoms with Gasteiger partial charge < -0.3 is 9.80 Å². The summed E-state index contributed by atoms with van der Waals surface area (Å²) in [5, 5.41) is 9.78. The molecular formula is C48H36N2. The van der Waals surface area contributed by atoms with Crippen molar-refractivity contribution in [2.24, 2.45) is 0 Å². The van der Waals surface area contributed by atoms with Crippen LogP contribution in [0.4, 0.5) is 34.1 Å². The zero-order valence-electron chi connectivity index (χ0n) is 28.2. The summed E-state index contributed by atoms with van der Waals surface area (Å²) in [5.41, 5.74) is 9.30. The van der Waals surface area contributed by atoms with Gasteiger partial charge >= 0.3 is 0 Å². The molecule has 0 radical (unpaired) electrons. The highest BCUT2D eigenvalue weighted by molar-refractivity contribution is 6.15. The second-order valence-electron chi connectivity index (χ2n) is 13.3. The van der Waals surface area contributed by atoms with Crippen LogP contribution in [0.3, 0.4) is 0 Å². The van der Waals surface area contributed by atoms with Crippen LogP contribution < -0.4 is 9.80 Å². The molecular weight excluding hydrogens is 605 g/mol. The number of benzene rings is 9. The van der Waals surface area contributed by atoms with Crippen LogP contribution in [0, 0.1) is 13.8 Å². The molecule has 2 nitrogen and oxygen atoms in total. The predicted molar refractivity (Wildman–Crippen MR) is 215 cm³/mol. The molecule has 0 fully saturated rings. The van der Waals surface area contributed by atoms with Gasteiger partial charge in [-0.3, -0.25) is 0 Å². The largest absolute Gasteiger partial charge is 0.310 e. The Morgan fingerprint density at radius 2 is 0.740 bits per heavy atom. The van der Waals surface area contributed by atoms with E-state index < -0.39 is 0 Å². The van der Waals surface area contributed by atoms with Gasteiger partial charge in [0.05, 0.1) is 5.69 Å². The molecule has 9 aromatic carbocycles. The monoisotopic (exact) mass is 640 g/mol. The summed E-state index contributed by atoms with van der Waals surface area (Å²) < 4.78 is 0. The highest BCUT2D eigenvalue weighted by Gasteiger charge is 2.20. The molecule has 238 valence electrons. The van der Waals surface area contributed by atoms with Gasteiger partial charge in [-0.15, -0.1) is 0 Å². The Bertz CT molecular complexity index is 2710. The van der Waals surface area contributed by atoms with E-state index in [-0.39, 0.29) is 0 Å². The maximum Gasteiger partial charge on any atom is 0.0546 e. The van der Waals surface area contributed by atoms with Crippen LogP contribution in [0.15, 0.2) is 182 Å². The zero-order valence-corrected chi connectivity index (χ0v) is 28.2. The molecule has 0 atom stereocenters. The van der Waals surface area contributed by atoms with Crippen LogP contribution in [-0.4, -0.2) is 0 Å². The smallest absolute Gasteiger partial charge is 0.0546 e. The Labute approximate surface area is 293 Å². The minimum Gasteiger partial charge on any atom is -0.310 e. The molecule has 2 heteroatoms. The van der Waals surface area contributed by atoms with Crippen molar-refractivity contribution in [2.45, 2.75) is 13.8 Å². The average molecular weight is 641 g/mol. The summed E-state index contributed by atoms with van der Waals surface area (Å²) in [5.74, 6) is 0. The molecule has 9 rings (SSSR count). The number of rotatable bonds is 6. The number of anilines is 6. The van der Waals surface area contributed by atoms with Crippen LogP contribution in [0.2, 0.25) is 0 Å². The third kappa shape index (κ3) is 5.32. The molecule has 0 saturated heterocycles. The van der Waals surface area contributed by atoms with E-state index in [0.29, 0.717) is 0 Å². The van der Waals surface area contributed by atoms with E-state index in [4.69, 9.17) is 0 Å². The van der Waals surface area contributed by atoms with Gasteiger partial charge in [0.2, 0.25) is 0 Å². The predicted octanol–water partition coefficient (Wildman–Crippen LogP) is 13.9. The molecule has 0 amide bonds. The maximum atomic E-state index is 2.42. The normalized spacial score (nSPS) is 11.4. The lowest BCUT2D eigenvalue weighted by Gasteiger charge is -2.29. The van der Waals surface area contributed by atoms with E-state index >= 15 is 0 Å². The second-order valence-corrected chi connectivity index (χ2v) is 13.3. The lowest BCUT2D eigenvalue weighted by Crippen LogP contribution is -2.11. The van der Waals surface area contributed by atoms with Crippen molar-refractivity contribution in [2.75, 3.05) is 9.80 Å². The van der Waals surface area contributed by atoms with E-state index in [1.807, 2.05) is 0 Å². The van der Waals surface area contributed by atoms with Gasteiger partial charge in [-0.2, -0.15) is 0 Å². The lowest BCUT2D eigenvalue weighted by atomic mass is 9.97. The molecule has 50 heavy (non-hydrogen) atoms. The van der Waals surface area contributed by atoms with Gasteiger partial charge in [0.1, 0.15) is 0 Å². The minimum absolute atomic E-state index is 1.13. The number of hydrogen-bond acceptors (Lipinski definition) is 2. The van der Waals surface area contributed by atoms with Crippen LogP contribution >= 0.6 is 0 Å². The fourth-order valence-corrected chi connectivity index (χ4v) is 7.43. The summed E-state index contributed by atoms with van der Waals surface area (Å²) in [4.78, 5) is 4.80. The molecule has 0 bridgehead atoms. The molecule has 0 saturated carbocycles. The SMILES string of the molecule is Cc1cccc(N(c2ccc3ccccc3c2)c2ccc3cc(N(c4cccc(C)c4)c4ccc5ccccc5c4)c4ccccc4c3c2)c1. The van der Waals surface area contributed by atoms with E-state index in [0.717, 1.165) is 34.1 Å². The van der Waals surface area contributed by atoms with Crippen molar-refractivity contribution in [3.05, 3.63) is 193 Å². The van der Waals surface area contributed by atoms with E-state index in [1.54, 1.807) is 0 Å². The lowest BCUT2D eigenvalue weighted by molar-refractivity contribution is 1.28. The molecule has 9 aromatic rings. The third-order valence-electron chi connectivity index (χ3n) is 9.82. The third-order valence-corrected chi connectivity index (χ3v) is 9.82. The molecule has 0 heterocycles. The average Bonchev–Trinajstić information content (AvgIpc) is 3.15. The quantitative estimate of drug-likeness (QED) is 0.167. The first kappa shape index (κ1) is 29.7. The van der Waals surface area contributed by atoms with Crippen molar-refractivity contribution in [3.8, 4) is 0 Å². The van der Waals surface area contributed by atoms with Crippen molar-refractivity contribution in [1.29, 1.82) is 0 Å². The van der Waals surface area contributed by atoms with Gasteiger partial charge in [0.25, 0.3) is 0 Å². The Kier molecular flexibility index (Phi) is 7.29. The number of fused-ring (bicyclic) bond motifs is 5. The maximum absolute atomic E-state index is 2.42. The van der Waals surface area contributed by atoms with Gasteiger partial charge in [0, 0.05) is 33.8 Å². The molecule has 0 unspecified atom stereocenters. The van der Waals surface area contributed by atoms with Crippen molar-refractivity contribution >= 4 is 77.2 Å². The summed E-state index contributed by atoms with van der Waals surface area (Å²) in [6.07, 6.45) is 0. The van der Waals surface area contributed by atoms with Crippen molar-refractivity contribution < 1.29 is 0 Å². The molecule has 0 aromatic heterocycles. The van der Waals surface area contributed by atoms with Crippen molar-refractivity contribution in [3.63, 3.8) is 0 Å². The fourth-order valence-electron chi connectivity index (χ4n) is 7.43. The summed E-state index contributed by atoms with van der Waals surface area (Å²) >= 11 is 0. The first-order valence-electron chi connectivity index (χ1n) is 17.3. The van der Waals surface area contributed by atoms with Crippen LogP contribution in [0.5, 0.6) is 0 Å². The minimum atomic E-state index is 1.13. The molecule has 0 aliphatic heterocycles. The van der Waals surface area contributed by atoms with Gasteiger partial charge in [-0.05, 0) is 129 Å². The van der Waals surface area contributed by atoms with Crippen LogP contribution in [-0.2, 0) is 0 Å². The molecule has 0 spiro atoms. The van der Waals surface area contributed by atoms with Gasteiger partial charge in [0.15, 0.2) is 0 Å². The number of nitrogens with zero attached hydrogens (tertiary/aromatic N) is 2. The van der Waals surface area contributed by atoms with E-state index in [1.165, 1.54) is 54.2 Å². The van der Waals surface area contributed by atoms with Gasteiger partial charge in [-0.1, -0.05) is 115 Å². The Morgan fingerprint density at radius 1 is 0.280 bits per heavy atom. The number of aryl methyl sites for hydroxylation is 2. The van der Waals surface area contributed by atoms with Crippen LogP contribution in [0.25, 0.3) is 43.1 Å². The van der Waals surface area contributed by atoms with Gasteiger partial charge in [-0.25, -0.2) is 0 Å². The second kappa shape index (κ2) is 12.3. The van der Waals surface area contributed by atoms with Crippen molar-refractivity contribution in [1.82, 2.24) is 0 Å². The highest BCUT2D eigenvalue weighted by Crippen LogP contribution is 2.45. The Morgan fingerprint density at radius 3 is 1.34 bits per heavy atom. The Balaban J connectivity index is 1.27. The molecule has 0 N–H and O–H groups in total. The summed E-state index contributed by atoms with van der Waals surface area (Å²) in [7, 11) is 0. The fraction of sp³-hybridized carbons (Fsp3) is 0.0417. The number of hydrogen-bond donors (Lipinski definition) is 0. The topological polar surface area (TPSA) is 6.48 Å². The zero-order chi connectivity index (χ0) is 33.6.